The van der Waals surface area contributed by atoms with Crippen molar-refractivity contribution in [3.8, 4) is 11.5 Å². The summed E-state index contributed by atoms with van der Waals surface area (Å²) >= 11 is 0. The first-order valence-corrected chi connectivity index (χ1v) is 8.39. The van der Waals surface area contributed by atoms with Gasteiger partial charge >= 0.3 is 0 Å². The predicted molar refractivity (Wildman–Crippen MR) is 96.4 cm³/mol. The molecule has 2 aromatic carbocycles. The minimum atomic E-state index is 0.867. The zero-order valence-corrected chi connectivity index (χ0v) is 14.4. The van der Waals surface area contributed by atoms with E-state index in [0.717, 1.165) is 53.2 Å². The highest BCUT2D eigenvalue weighted by molar-refractivity contribution is 5.69. The van der Waals surface area contributed by atoms with Crippen molar-refractivity contribution in [1.82, 2.24) is 0 Å². The van der Waals surface area contributed by atoms with Crippen molar-refractivity contribution in [3.63, 3.8) is 0 Å². The third-order valence-corrected chi connectivity index (χ3v) is 4.28. The summed E-state index contributed by atoms with van der Waals surface area (Å²) in [5.74, 6) is 1.76. The number of hydrogen-bond acceptors (Lipinski definition) is 3. The second kappa shape index (κ2) is 6.45. The number of nitrogens with zero attached hydrogens (tertiary/aromatic N) is 1. The number of benzene rings is 2. The molecular weight excluding hydrogens is 284 g/mol. The highest BCUT2D eigenvalue weighted by Gasteiger charge is 2.18. The van der Waals surface area contributed by atoms with Gasteiger partial charge in [0, 0.05) is 23.4 Å². The van der Waals surface area contributed by atoms with Crippen LogP contribution in [0.25, 0.3) is 6.08 Å². The maximum atomic E-state index is 6.29. The van der Waals surface area contributed by atoms with E-state index in [4.69, 9.17) is 9.73 Å². The number of nitrogens with one attached hydrogen (secondary N) is 1. The van der Waals surface area contributed by atoms with Gasteiger partial charge in [-0.05, 0) is 50.6 Å². The maximum absolute atomic E-state index is 6.29. The first-order valence-electron chi connectivity index (χ1n) is 8.39. The van der Waals surface area contributed by atoms with Crippen LogP contribution in [0.1, 0.15) is 37.8 Å². The molecule has 120 valence electrons. The van der Waals surface area contributed by atoms with Gasteiger partial charge in [-0.25, -0.2) is 4.99 Å². The van der Waals surface area contributed by atoms with Gasteiger partial charge in [-0.15, -0.1) is 0 Å². The van der Waals surface area contributed by atoms with E-state index in [-0.39, 0.29) is 0 Å². The van der Waals surface area contributed by atoms with Crippen molar-refractivity contribution in [1.29, 1.82) is 0 Å². The molecule has 1 N–H and O–H groups in total. The molecule has 0 bridgehead atoms. The van der Waals surface area contributed by atoms with Gasteiger partial charge in [-0.1, -0.05) is 25.5 Å². The highest BCUT2D eigenvalue weighted by atomic mass is 16.5. The molecule has 0 saturated carbocycles. The topological polar surface area (TPSA) is 33.6 Å². The fourth-order valence-electron chi connectivity index (χ4n) is 2.94. The van der Waals surface area contributed by atoms with Gasteiger partial charge in [0.15, 0.2) is 11.5 Å². The summed E-state index contributed by atoms with van der Waals surface area (Å²) in [5, 5.41) is 5.53. The summed E-state index contributed by atoms with van der Waals surface area (Å²) in [6.07, 6.45) is 4.50. The van der Waals surface area contributed by atoms with E-state index in [1.54, 1.807) is 0 Å². The van der Waals surface area contributed by atoms with Gasteiger partial charge < -0.3 is 10.1 Å². The normalized spacial score (nSPS) is 13.0. The van der Waals surface area contributed by atoms with Crippen LogP contribution in [-0.4, -0.2) is 6.54 Å². The van der Waals surface area contributed by atoms with Gasteiger partial charge in [-0.2, -0.15) is 0 Å². The Morgan fingerprint density at radius 2 is 1.87 bits per heavy atom. The van der Waals surface area contributed by atoms with Crippen LogP contribution in [0, 0.1) is 13.8 Å². The Bertz CT molecular complexity index is 853. The van der Waals surface area contributed by atoms with Crippen LogP contribution < -0.4 is 20.6 Å². The Labute approximate surface area is 137 Å². The number of unbranched alkanes of at least 4 members (excludes halogenated alkanes) is 1. The van der Waals surface area contributed by atoms with E-state index in [9.17, 15) is 0 Å². The molecule has 1 aliphatic rings. The molecular formula is C20H24N2O. The van der Waals surface area contributed by atoms with E-state index < -0.39 is 0 Å². The molecule has 3 nitrogen and oxygen atoms in total. The van der Waals surface area contributed by atoms with Crippen molar-refractivity contribution in [2.75, 3.05) is 11.9 Å². The average molecular weight is 308 g/mol. The monoisotopic (exact) mass is 308 g/mol. The molecule has 0 radical (unpaired) electrons. The summed E-state index contributed by atoms with van der Waals surface area (Å²) in [7, 11) is 0. The van der Waals surface area contributed by atoms with E-state index in [2.05, 4.69) is 57.3 Å². The summed E-state index contributed by atoms with van der Waals surface area (Å²) in [5.41, 5.74) is 4.29. The number of fused-ring (bicyclic) bond motifs is 2. The molecule has 2 aromatic rings. The van der Waals surface area contributed by atoms with E-state index in [0.29, 0.717) is 0 Å². The van der Waals surface area contributed by atoms with Crippen molar-refractivity contribution >= 4 is 17.5 Å². The maximum Gasteiger partial charge on any atom is 0.158 e. The molecule has 0 unspecified atom stereocenters. The van der Waals surface area contributed by atoms with Crippen LogP contribution in [0.4, 0.5) is 11.4 Å². The predicted octanol–water partition coefficient (Wildman–Crippen LogP) is 4.37. The number of rotatable bonds is 4. The number of ether oxygens (including phenoxy) is 1. The second-order valence-corrected chi connectivity index (χ2v) is 5.95. The quantitative estimate of drug-likeness (QED) is 0.776. The molecule has 3 rings (SSSR count). The lowest BCUT2D eigenvalue weighted by Gasteiger charge is -2.20. The van der Waals surface area contributed by atoms with Crippen LogP contribution in [0.2, 0.25) is 0 Å². The van der Waals surface area contributed by atoms with Crippen LogP contribution in [-0.2, 0) is 0 Å². The number of anilines is 1. The van der Waals surface area contributed by atoms with Crippen LogP contribution in [0.3, 0.4) is 0 Å². The molecule has 0 amide bonds. The summed E-state index contributed by atoms with van der Waals surface area (Å²) in [4.78, 5) is 4.79. The van der Waals surface area contributed by atoms with Gasteiger partial charge in [-0.3, -0.25) is 0 Å². The third kappa shape index (κ3) is 2.83. The third-order valence-electron chi connectivity index (χ3n) is 4.28. The van der Waals surface area contributed by atoms with Gasteiger partial charge in [0.05, 0.1) is 0 Å². The molecule has 23 heavy (non-hydrogen) atoms. The smallest absolute Gasteiger partial charge is 0.158 e. The SMILES string of the molecule is CCC/C=c1\ccc2c(c1C)Oc1c(ccc(NCC)c1C)N=2. The Hall–Kier alpha value is -2.29. The molecule has 1 heterocycles. The minimum Gasteiger partial charge on any atom is -0.452 e. The molecule has 0 saturated heterocycles. The average Bonchev–Trinajstić information content (AvgIpc) is 2.56. The Morgan fingerprint density at radius 1 is 1.04 bits per heavy atom. The zero-order valence-electron chi connectivity index (χ0n) is 14.4. The molecule has 0 spiro atoms. The lowest BCUT2D eigenvalue weighted by atomic mass is 10.1. The Balaban J connectivity index is 2.14. The van der Waals surface area contributed by atoms with Crippen molar-refractivity contribution in [2.45, 2.75) is 40.5 Å². The lowest BCUT2D eigenvalue weighted by molar-refractivity contribution is 0.462. The van der Waals surface area contributed by atoms with Crippen LogP contribution in [0.5, 0.6) is 11.5 Å². The van der Waals surface area contributed by atoms with Gasteiger partial charge in [0.25, 0.3) is 0 Å². The van der Waals surface area contributed by atoms with Crippen molar-refractivity contribution in [3.05, 3.63) is 46.0 Å². The lowest BCUT2D eigenvalue weighted by Crippen LogP contribution is -2.18. The molecule has 0 aliphatic carbocycles. The first-order chi connectivity index (χ1) is 11.2. The molecule has 3 heteroatoms. The standard InChI is InChI=1S/C20H24N2O/c1-5-7-8-15-9-10-17-19(13(15)3)23-20-14(4)16(21-6-2)11-12-18(20)22-17/h8-12,21H,5-7H2,1-4H3/b15-8+. The van der Waals surface area contributed by atoms with Crippen molar-refractivity contribution in [2.24, 2.45) is 4.99 Å². The molecule has 0 atom stereocenters. The second-order valence-electron chi connectivity index (χ2n) is 5.95. The summed E-state index contributed by atoms with van der Waals surface area (Å²) in [6, 6.07) is 8.29. The van der Waals surface area contributed by atoms with E-state index in [1.807, 2.05) is 6.07 Å². The Kier molecular flexibility index (Phi) is 4.37. The van der Waals surface area contributed by atoms with Crippen LogP contribution in [0.15, 0.2) is 29.3 Å². The minimum absolute atomic E-state index is 0.867. The first kappa shape index (κ1) is 15.6. The summed E-state index contributed by atoms with van der Waals surface area (Å²) in [6.45, 7) is 9.38. The fourth-order valence-corrected chi connectivity index (χ4v) is 2.94. The van der Waals surface area contributed by atoms with E-state index >= 15 is 0 Å². The molecule has 1 aliphatic heterocycles. The largest absolute Gasteiger partial charge is 0.452 e. The Morgan fingerprint density at radius 3 is 2.61 bits per heavy atom. The van der Waals surface area contributed by atoms with Gasteiger partial charge in [0.2, 0.25) is 0 Å². The molecule has 0 aromatic heterocycles. The van der Waals surface area contributed by atoms with Gasteiger partial charge in [0.1, 0.15) is 11.0 Å². The van der Waals surface area contributed by atoms with Crippen molar-refractivity contribution < 1.29 is 4.74 Å². The van der Waals surface area contributed by atoms with E-state index in [1.165, 1.54) is 10.8 Å². The summed E-state index contributed by atoms with van der Waals surface area (Å²) < 4.78 is 6.29. The number of hydrogen-bond donors (Lipinski definition) is 1. The molecule has 0 fully saturated rings. The fraction of sp³-hybridized carbons (Fsp3) is 0.350. The highest BCUT2D eigenvalue weighted by Crippen LogP contribution is 2.40. The van der Waals surface area contributed by atoms with Crippen LogP contribution >= 0.6 is 0 Å². The zero-order chi connectivity index (χ0) is 16.4.